The zero-order valence-electron chi connectivity index (χ0n) is 11.0. The first-order valence-corrected chi connectivity index (χ1v) is 7.68. The number of anilines is 2. The molecule has 0 aliphatic carbocycles. The molecule has 0 unspecified atom stereocenters. The molecule has 108 valence electrons. The predicted molar refractivity (Wildman–Crippen MR) is 80.8 cm³/mol. The largest absolute Gasteiger partial charge is 0.373 e. The Hall–Kier alpha value is -2.30. The Balaban J connectivity index is 2.37. The maximum absolute atomic E-state index is 12.3. The molecule has 0 amide bonds. The van der Waals surface area contributed by atoms with Gasteiger partial charge in [0, 0.05) is 18.3 Å². The number of rotatable bonds is 4. The van der Waals surface area contributed by atoms with E-state index in [9.17, 15) is 8.42 Å². The highest BCUT2D eigenvalue weighted by Crippen LogP contribution is 2.23. The summed E-state index contributed by atoms with van der Waals surface area (Å²) < 4.78 is 26.9. The minimum atomic E-state index is -3.84. The van der Waals surface area contributed by atoms with Gasteiger partial charge in [-0.05, 0) is 30.3 Å². The SMILES string of the molecule is CNc1ccc(S(=O)(=O)Nc2cc(Cl)ccc2C#N)cn1. The van der Waals surface area contributed by atoms with Crippen LogP contribution >= 0.6 is 11.6 Å². The van der Waals surface area contributed by atoms with Gasteiger partial charge < -0.3 is 5.32 Å². The normalized spacial score (nSPS) is 10.7. The minimum absolute atomic E-state index is 0.00892. The van der Waals surface area contributed by atoms with E-state index in [4.69, 9.17) is 16.9 Å². The molecule has 0 aliphatic rings. The Morgan fingerprint density at radius 2 is 2.05 bits per heavy atom. The van der Waals surface area contributed by atoms with Crippen LogP contribution in [0.5, 0.6) is 0 Å². The van der Waals surface area contributed by atoms with E-state index < -0.39 is 10.0 Å². The van der Waals surface area contributed by atoms with Gasteiger partial charge in [-0.15, -0.1) is 0 Å². The van der Waals surface area contributed by atoms with Crippen LogP contribution in [-0.2, 0) is 10.0 Å². The van der Waals surface area contributed by atoms with Gasteiger partial charge in [-0.25, -0.2) is 13.4 Å². The van der Waals surface area contributed by atoms with Gasteiger partial charge in [-0.1, -0.05) is 11.6 Å². The molecule has 0 fully saturated rings. The Morgan fingerprint density at radius 1 is 1.29 bits per heavy atom. The topological polar surface area (TPSA) is 94.9 Å². The van der Waals surface area contributed by atoms with Crippen LogP contribution in [0.3, 0.4) is 0 Å². The molecule has 0 saturated heterocycles. The number of halogens is 1. The molecule has 2 aromatic rings. The zero-order chi connectivity index (χ0) is 15.5. The molecule has 0 radical (unpaired) electrons. The number of nitriles is 1. The van der Waals surface area contributed by atoms with Gasteiger partial charge in [0.15, 0.2) is 0 Å². The molecule has 0 aliphatic heterocycles. The third kappa shape index (κ3) is 3.42. The van der Waals surface area contributed by atoms with Gasteiger partial charge in [0.1, 0.15) is 16.8 Å². The first kappa shape index (κ1) is 15.1. The molecule has 1 aromatic carbocycles. The zero-order valence-corrected chi connectivity index (χ0v) is 12.5. The van der Waals surface area contributed by atoms with Gasteiger partial charge in [0.25, 0.3) is 10.0 Å². The summed E-state index contributed by atoms with van der Waals surface area (Å²) in [5.41, 5.74) is 0.311. The van der Waals surface area contributed by atoms with E-state index in [1.165, 1.54) is 36.5 Å². The molecule has 8 heteroatoms. The summed E-state index contributed by atoms with van der Waals surface area (Å²) in [6.07, 6.45) is 1.23. The van der Waals surface area contributed by atoms with Crippen molar-refractivity contribution < 1.29 is 8.42 Å². The molecule has 1 heterocycles. The average Bonchev–Trinajstić information content (AvgIpc) is 2.47. The fourth-order valence-electron chi connectivity index (χ4n) is 1.59. The summed E-state index contributed by atoms with van der Waals surface area (Å²) in [5, 5.41) is 12.1. The van der Waals surface area contributed by atoms with Gasteiger partial charge in [-0.3, -0.25) is 4.72 Å². The fourth-order valence-corrected chi connectivity index (χ4v) is 2.78. The van der Waals surface area contributed by atoms with Crippen molar-refractivity contribution in [2.75, 3.05) is 17.1 Å². The molecule has 1 aromatic heterocycles. The number of benzene rings is 1. The van der Waals surface area contributed by atoms with E-state index in [1.54, 1.807) is 7.05 Å². The summed E-state index contributed by atoms with van der Waals surface area (Å²) in [6.45, 7) is 0. The molecule has 6 nitrogen and oxygen atoms in total. The molecule has 0 bridgehead atoms. The molecule has 0 atom stereocenters. The summed E-state index contributed by atoms with van der Waals surface area (Å²) >= 11 is 5.82. The second-order valence-electron chi connectivity index (χ2n) is 4.04. The van der Waals surface area contributed by atoms with Crippen molar-refractivity contribution in [2.45, 2.75) is 4.90 Å². The number of hydrogen-bond donors (Lipinski definition) is 2. The van der Waals surface area contributed by atoms with Crippen molar-refractivity contribution in [1.82, 2.24) is 4.98 Å². The van der Waals surface area contributed by atoms with Crippen molar-refractivity contribution >= 4 is 33.1 Å². The van der Waals surface area contributed by atoms with E-state index in [0.717, 1.165) is 0 Å². The van der Waals surface area contributed by atoms with Crippen LogP contribution in [0.15, 0.2) is 41.4 Å². The van der Waals surface area contributed by atoms with E-state index in [1.807, 2.05) is 6.07 Å². The minimum Gasteiger partial charge on any atom is -0.373 e. The van der Waals surface area contributed by atoms with Crippen LogP contribution in [0.4, 0.5) is 11.5 Å². The van der Waals surface area contributed by atoms with E-state index in [-0.39, 0.29) is 16.1 Å². The number of pyridine rings is 1. The number of sulfonamides is 1. The first-order valence-electron chi connectivity index (χ1n) is 5.82. The van der Waals surface area contributed by atoms with Crippen LogP contribution in [0.25, 0.3) is 0 Å². The molecule has 0 saturated carbocycles. The van der Waals surface area contributed by atoms with Crippen molar-refractivity contribution in [2.24, 2.45) is 0 Å². The van der Waals surface area contributed by atoms with Crippen molar-refractivity contribution in [1.29, 1.82) is 5.26 Å². The van der Waals surface area contributed by atoms with E-state index >= 15 is 0 Å². The maximum atomic E-state index is 12.3. The summed E-state index contributed by atoms with van der Waals surface area (Å²) in [6, 6.07) is 9.20. The quantitative estimate of drug-likeness (QED) is 0.901. The summed E-state index contributed by atoms with van der Waals surface area (Å²) in [5.74, 6) is 0.550. The highest BCUT2D eigenvalue weighted by Gasteiger charge is 2.17. The lowest BCUT2D eigenvalue weighted by Crippen LogP contribution is -2.14. The Labute approximate surface area is 127 Å². The number of aromatic nitrogens is 1. The van der Waals surface area contributed by atoms with Gasteiger partial charge in [0.05, 0.1) is 11.3 Å². The Kier molecular flexibility index (Phi) is 4.31. The van der Waals surface area contributed by atoms with Crippen molar-refractivity contribution in [3.05, 3.63) is 47.1 Å². The van der Waals surface area contributed by atoms with E-state index in [2.05, 4.69) is 15.0 Å². The first-order chi connectivity index (χ1) is 9.96. The third-order valence-electron chi connectivity index (χ3n) is 2.65. The van der Waals surface area contributed by atoms with Gasteiger partial charge in [-0.2, -0.15) is 5.26 Å². The summed E-state index contributed by atoms with van der Waals surface area (Å²) in [7, 11) is -2.16. The molecule has 21 heavy (non-hydrogen) atoms. The lowest BCUT2D eigenvalue weighted by molar-refractivity contribution is 0.601. The summed E-state index contributed by atoms with van der Waals surface area (Å²) in [4.78, 5) is 3.93. The molecule has 2 rings (SSSR count). The molecular weight excluding hydrogens is 312 g/mol. The lowest BCUT2D eigenvalue weighted by Gasteiger charge is -2.10. The predicted octanol–water partition coefficient (Wildman–Crippen LogP) is 2.45. The second-order valence-corrected chi connectivity index (χ2v) is 6.16. The van der Waals surface area contributed by atoms with Crippen LogP contribution in [0, 0.1) is 11.3 Å². The monoisotopic (exact) mass is 322 g/mol. The second kappa shape index (κ2) is 5.99. The fraction of sp³-hybridized carbons (Fsp3) is 0.0769. The van der Waals surface area contributed by atoms with Gasteiger partial charge in [0.2, 0.25) is 0 Å². The van der Waals surface area contributed by atoms with Crippen LogP contribution in [-0.4, -0.2) is 20.4 Å². The van der Waals surface area contributed by atoms with Crippen molar-refractivity contribution in [3.63, 3.8) is 0 Å². The van der Waals surface area contributed by atoms with Crippen molar-refractivity contribution in [3.8, 4) is 6.07 Å². The number of nitrogens with zero attached hydrogens (tertiary/aromatic N) is 2. The number of nitrogens with one attached hydrogen (secondary N) is 2. The maximum Gasteiger partial charge on any atom is 0.263 e. The Bertz CT molecular complexity index is 798. The third-order valence-corrected chi connectivity index (χ3v) is 4.24. The number of hydrogen-bond acceptors (Lipinski definition) is 5. The van der Waals surface area contributed by atoms with Crippen LogP contribution in [0.2, 0.25) is 5.02 Å². The smallest absolute Gasteiger partial charge is 0.263 e. The van der Waals surface area contributed by atoms with Crippen LogP contribution < -0.4 is 10.0 Å². The van der Waals surface area contributed by atoms with Gasteiger partial charge >= 0.3 is 0 Å². The highest BCUT2D eigenvalue weighted by atomic mass is 35.5. The Morgan fingerprint density at radius 3 is 2.62 bits per heavy atom. The molecular formula is C13H11ClN4O2S. The highest BCUT2D eigenvalue weighted by molar-refractivity contribution is 7.92. The molecule has 0 spiro atoms. The standard InChI is InChI=1S/C13H11ClN4O2S/c1-16-13-5-4-11(8-17-13)21(19,20)18-12-6-10(14)3-2-9(12)7-15/h2-6,8,18H,1H3,(H,16,17). The van der Waals surface area contributed by atoms with E-state index in [0.29, 0.717) is 10.8 Å². The van der Waals surface area contributed by atoms with Crippen LogP contribution in [0.1, 0.15) is 5.56 Å². The lowest BCUT2D eigenvalue weighted by atomic mass is 10.2. The average molecular weight is 323 g/mol. The molecule has 2 N–H and O–H groups in total.